The van der Waals surface area contributed by atoms with Gasteiger partial charge in [-0.15, -0.1) is 0 Å². The van der Waals surface area contributed by atoms with Gasteiger partial charge in [-0.1, -0.05) is 6.07 Å². The zero-order valence-corrected chi connectivity index (χ0v) is 15.8. The van der Waals surface area contributed by atoms with E-state index in [0.29, 0.717) is 0 Å². The summed E-state index contributed by atoms with van der Waals surface area (Å²) < 4.78 is 5.45. The number of H-pyrrole nitrogens is 1. The van der Waals surface area contributed by atoms with E-state index in [4.69, 9.17) is 17.0 Å². The Morgan fingerprint density at radius 1 is 1.19 bits per heavy atom. The highest BCUT2D eigenvalue weighted by molar-refractivity contribution is 7.80. The normalized spacial score (nSPS) is 24.0. The first-order valence-electron chi connectivity index (χ1n) is 9.16. The molecule has 4 heterocycles. The lowest BCUT2D eigenvalue weighted by atomic mass is 10.0. The number of morpholine rings is 1. The first kappa shape index (κ1) is 17.5. The number of aromatic nitrogens is 2. The smallest absolute Gasteiger partial charge is 0.170 e. The molecular formula is C19H25N5OS. The molecule has 6 nitrogen and oxygen atoms in total. The van der Waals surface area contributed by atoms with Crippen molar-refractivity contribution in [2.24, 2.45) is 0 Å². The van der Waals surface area contributed by atoms with Gasteiger partial charge in [0.25, 0.3) is 0 Å². The second-order valence-electron chi connectivity index (χ2n) is 6.87. The first-order valence-corrected chi connectivity index (χ1v) is 9.57. The minimum atomic E-state index is 0.0476. The molecule has 2 aliphatic heterocycles. The fourth-order valence-corrected chi connectivity index (χ4v) is 4.09. The van der Waals surface area contributed by atoms with E-state index in [1.54, 1.807) is 0 Å². The van der Waals surface area contributed by atoms with Crippen LogP contribution in [0.1, 0.15) is 29.2 Å². The zero-order chi connectivity index (χ0) is 17.9. The molecule has 2 aliphatic rings. The maximum atomic E-state index is 5.70. The summed E-state index contributed by atoms with van der Waals surface area (Å²) in [5.74, 6) is 0. The molecule has 2 atom stereocenters. The second kappa shape index (κ2) is 7.73. The third-order valence-corrected chi connectivity index (χ3v) is 5.48. The van der Waals surface area contributed by atoms with Crippen molar-refractivity contribution in [2.45, 2.75) is 19.0 Å². The second-order valence-corrected chi connectivity index (χ2v) is 7.26. The Morgan fingerprint density at radius 3 is 2.73 bits per heavy atom. The van der Waals surface area contributed by atoms with Crippen molar-refractivity contribution >= 4 is 17.3 Å². The Morgan fingerprint density at radius 2 is 2.04 bits per heavy atom. The van der Waals surface area contributed by atoms with Crippen LogP contribution in [0.5, 0.6) is 0 Å². The molecule has 26 heavy (non-hydrogen) atoms. The molecule has 0 bridgehead atoms. The molecule has 0 aliphatic carbocycles. The van der Waals surface area contributed by atoms with E-state index in [-0.39, 0.29) is 12.1 Å². The fraction of sp³-hybridized carbons (Fsp3) is 0.474. The monoisotopic (exact) mass is 371 g/mol. The minimum Gasteiger partial charge on any atom is -0.379 e. The van der Waals surface area contributed by atoms with Gasteiger partial charge in [0.15, 0.2) is 5.11 Å². The molecule has 0 amide bonds. The van der Waals surface area contributed by atoms with Crippen molar-refractivity contribution in [3.8, 4) is 0 Å². The summed E-state index contributed by atoms with van der Waals surface area (Å²) in [6.07, 6.45) is 1.84. The van der Waals surface area contributed by atoms with E-state index >= 15 is 0 Å². The molecule has 0 radical (unpaired) electrons. The largest absolute Gasteiger partial charge is 0.379 e. The summed E-state index contributed by atoms with van der Waals surface area (Å²) in [5, 5.41) is 4.29. The van der Waals surface area contributed by atoms with Crippen molar-refractivity contribution in [1.82, 2.24) is 25.1 Å². The predicted molar refractivity (Wildman–Crippen MR) is 105 cm³/mol. The van der Waals surface area contributed by atoms with Crippen molar-refractivity contribution in [2.75, 3.05) is 39.4 Å². The summed E-state index contributed by atoms with van der Waals surface area (Å²) >= 11 is 5.70. The lowest BCUT2D eigenvalue weighted by Gasteiger charge is -2.31. The van der Waals surface area contributed by atoms with E-state index in [9.17, 15) is 0 Å². The standard InChI is InChI=1S/C19H25N5OS/c1-14-5-6-16(21-14)18-17(15-4-2-3-7-20-15)22-19(26)24(18)9-8-23-10-12-25-13-11-23/h2-7,17-18,21H,8-13H2,1H3,(H,22,26)/t17-,18+/m0/s1. The van der Waals surface area contributed by atoms with Crippen LogP contribution in [0, 0.1) is 6.92 Å². The van der Waals surface area contributed by atoms with Crippen molar-refractivity contribution < 1.29 is 4.74 Å². The minimum absolute atomic E-state index is 0.0476. The molecule has 0 spiro atoms. The SMILES string of the molecule is Cc1ccc([C@@H]2[C@H](c3ccccn3)NC(=S)N2CCN2CCOCC2)[nH]1. The van der Waals surface area contributed by atoms with E-state index in [2.05, 4.69) is 50.2 Å². The fourth-order valence-electron chi connectivity index (χ4n) is 3.76. The van der Waals surface area contributed by atoms with Crippen LogP contribution >= 0.6 is 12.2 Å². The molecule has 4 rings (SSSR count). The highest BCUT2D eigenvalue weighted by Gasteiger charge is 2.40. The summed E-state index contributed by atoms with van der Waals surface area (Å²) in [6.45, 7) is 7.57. The van der Waals surface area contributed by atoms with Crippen LogP contribution in [-0.4, -0.2) is 64.3 Å². The lowest BCUT2D eigenvalue weighted by molar-refractivity contribution is 0.0350. The number of nitrogens with zero attached hydrogens (tertiary/aromatic N) is 3. The number of hydrogen-bond acceptors (Lipinski definition) is 4. The molecular weight excluding hydrogens is 346 g/mol. The summed E-state index contributed by atoms with van der Waals surface area (Å²) in [6, 6.07) is 10.5. The maximum Gasteiger partial charge on any atom is 0.170 e. The Bertz CT molecular complexity index is 743. The zero-order valence-electron chi connectivity index (χ0n) is 15.0. The lowest BCUT2D eigenvalue weighted by Crippen LogP contribution is -2.42. The highest BCUT2D eigenvalue weighted by Crippen LogP contribution is 2.37. The molecule has 2 fully saturated rings. The van der Waals surface area contributed by atoms with Crippen LogP contribution < -0.4 is 5.32 Å². The molecule has 2 aromatic heterocycles. The number of nitrogens with one attached hydrogen (secondary N) is 2. The number of thiocarbonyl (C=S) groups is 1. The number of aromatic amines is 1. The Balaban J connectivity index is 1.57. The highest BCUT2D eigenvalue weighted by atomic mass is 32.1. The van der Waals surface area contributed by atoms with Crippen LogP contribution in [-0.2, 0) is 4.74 Å². The van der Waals surface area contributed by atoms with Crippen LogP contribution in [0.3, 0.4) is 0 Å². The summed E-state index contributed by atoms with van der Waals surface area (Å²) in [4.78, 5) is 12.8. The molecule has 2 N–H and O–H groups in total. The number of hydrogen-bond donors (Lipinski definition) is 2. The van der Waals surface area contributed by atoms with Gasteiger partial charge in [0.2, 0.25) is 0 Å². The first-order chi connectivity index (χ1) is 12.7. The van der Waals surface area contributed by atoms with Gasteiger partial charge in [0.05, 0.1) is 31.0 Å². The van der Waals surface area contributed by atoms with Gasteiger partial charge in [-0.3, -0.25) is 9.88 Å². The molecule has 0 aromatic carbocycles. The molecule has 2 saturated heterocycles. The molecule has 2 aromatic rings. The van der Waals surface area contributed by atoms with Crippen LogP contribution in [0.2, 0.25) is 0 Å². The number of ether oxygens (including phenoxy) is 1. The molecule has 0 unspecified atom stereocenters. The molecule has 138 valence electrons. The van der Waals surface area contributed by atoms with Gasteiger partial charge in [-0.05, 0) is 43.4 Å². The van der Waals surface area contributed by atoms with Crippen molar-refractivity contribution in [3.63, 3.8) is 0 Å². The summed E-state index contributed by atoms with van der Waals surface area (Å²) in [5.41, 5.74) is 3.35. The quantitative estimate of drug-likeness (QED) is 0.785. The van der Waals surface area contributed by atoms with Crippen LogP contribution in [0.25, 0.3) is 0 Å². The average Bonchev–Trinajstić information content (AvgIpc) is 3.24. The predicted octanol–water partition coefficient (Wildman–Crippen LogP) is 2.02. The molecule has 0 saturated carbocycles. The average molecular weight is 372 g/mol. The van der Waals surface area contributed by atoms with Gasteiger partial charge < -0.3 is 19.9 Å². The number of rotatable bonds is 5. The molecule has 7 heteroatoms. The van der Waals surface area contributed by atoms with Crippen molar-refractivity contribution in [3.05, 3.63) is 53.6 Å². The van der Waals surface area contributed by atoms with Crippen molar-refractivity contribution in [1.29, 1.82) is 0 Å². The third-order valence-electron chi connectivity index (χ3n) is 5.13. The van der Waals surface area contributed by atoms with Gasteiger partial charge >= 0.3 is 0 Å². The van der Waals surface area contributed by atoms with E-state index in [0.717, 1.165) is 55.9 Å². The Labute approximate surface area is 159 Å². The van der Waals surface area contributed by atoms with Crippen LogP contribution in [0.4, 0.5) is 0 Å². The Hall–Kier alpha value is -1.96. The summed E-state index contributed by atoms with van der Waals surface area (Å²) in [7, 11) is 0. The number of pyridine rings is 1. The maximum absolute atomic E-state index is 5.70. The van der Waals surface area contributed by atoms with E-state index in [1.165, 1.54) is 5.69 Å². The Kier molecular flexibility index (Phi) is 5.19. The number of aryl methyl sites for hydroxylation is 1. The third kappa shape index (κ3) is 3.60. The van der Waals surface area contributed by atoms with Gasteiger partial charge in [0, 0.05) is 43.8 Å². The van der Waals surface area contributed by atoms with Gasteiger partial charge in [-0.2, -0.15) is 0 Å². The van der Waals surface area contributed by atoms with Crippen LogP contribution in [0.15, 0.2) is 36.5 Å². The van der Waals surface area contributed by atoms with E-state index < -0.39 is 0 Å². The van der Waals surface area contributed by atoms with Gasteiger partial charge in [0.1, 0.15) is 0 Å². The van der Waals surface area contributed by atoms with Gasteiger partial charge in [-0.25, -0.2) is 0 Å². The van der Waals surface area contributed by atoms with E-state index in [1.807, 2.05) is 18.3 Å². The topological polar surface area (TPSA) is 56.4 Å².